The average molecular weight is 295 g/mol. The number of hydrogen-bond donors (Lipinski definition) is 1. The first-order chi connectivity index (χ1) is 9.74. The molecular formula is C16H22FNOS. The van der Waals surface area contributed by atoms with Crippen molar-refractivity contribution in [2.45, 2.75) is 50.3 Å². The van der Waals surface area contributed by atoms with Crippen LogP contribution in [0.2, 0.25) is 0 Å². The molecule has 1 aromatic carbocycles. The molecule has 0 spiro atoms. The van der Waals surface area contributed by atoms with Gasteiger partial charge in [0.15, 0.2) is 0 Å². The van der Waals surface area contributed by atoms with E-state index in [1.807, 2.05) is 6.07 Å². The van der Waals surface area contributed by atoms with Gasteiger partial charge >= 0.3 is 0 Å². The van der Waals surface area contributed by atoms with Gasteiger partial charge in [-0.3, -0.25) is 4.79 Å². The molecule has 1 N–H and O–H groups in total. The molecule has 110 valence electrons. The predicted molar refractivity (Wildman–Crippen MR) is 82.2 cm³/mol. The minimum Gasteiger partial charge on any atom is -0.353 e. The highest BCUT2D eigenvalue weighted by molar-refractivity contribution is 7.99. The first-order valence-corrected chi connectivity index (χ1v) is 8.51. The van der Waals surface area contributed by atoms with Gasteiger partial charge in [0.25, 0.3) is 0 Å². The molecule has 1 aromatic rings. The average Bonchev–Trinajstić information content (AvgIpc) is 2.67. The van der Waals surface area contributed by atoms with Crippen LogP contribution in [-0.2, 0) is 10.5 Å². The van der Waals surface area contributed by atoms with E-state index in [1.54, 1.807) is 6.07 Å². The van der Waals surface area contributed by atoms with Crippen LogP contribution >= 0.6 is 11.8 Å². The van der Waals surface area contributed by atoms with Crippen molar-refractivity contribution in [2.24, 2.45) is 0 Å². The van der Waals surface area contributed by atoms with Crippen molar-refractivity contribution in [1.82, 2.24) is 5.32 Å². The lowest BCUT2D eigenvalue weighted by Crippen LogP contribution is -2.35. The molecule has 0 bridgehead atoms. The van der Waals surface area contributed by atoms with Crippen molar-refractivity contribution in [3.8, 4) is 0 Å². The normalized spacial score (nSPS) is 16.6. The van der Waals surface area contributed by atoms with Crippen LogP contribution in [0.3, 0.4) is 0 Å². The third-order valence-electron chi connectivity index (χ3n) is 3.61. The second kappa shape index (κ2) is 8.30. The quantitative estimate of drug-likeness (QED) is 0.835. The Morgan fingerprint density at radius 3 is 2.70 bits per heavy atom. The molecule has 0 radical (unpaired) electrons. The minimum absolute atomic E-state index is 0.110. The highest BCUT2D eigenvalue weighted by Crippen LogP contribution is 2.18. The molecule has 0 aromatic heterocycles. The maximum absolute atomic E-state index is 13.0. The van der Waals surface area contributed by atoms with Crippen LogP contribution in [-0.4, -0.2) is 17.7 Å². The van der Waals surface area contributed by atoms with E-state index in [9.17, 15) is 9.18 Å². The Hall–Kier alpha value is -1.03. The van der Waals surface area contributed by atoms with Crippen LogP contribution in [0.4, 0.5) is 4.39 Å². The van der Waals surface area contributed by atoms with Crippen molar-refractivity contribution < 1.29 is 9.18 Å². The summed E-state index contributed by atoms with van der Waals surface area (Å²) in [7, 11) is 0. The van der Waals surface area contributed by atoms with Crippen LogP contribution in [0.5, 0.6) is 0 Å². The SMILES string of the molecule is O=C(CSCc1cccc(F)c1)NC1CCCCCC1. The van der Waals surface area contributed by atoms with Gasteiger partial charge in [-0.15, -0.1) is 11.8 Å². The fourth-order valence-electron chi connectivity index (χ4n) is 2.58. The maximum Gasteiger partial charge on any atom is 0.230 e. The zero-order chi connectivity index (χ0) is 14.2. The standard InChI is InChI=1S/C16H22FNOS/c17-14-7-5-6-13(10-14)11-20-12-16(19)18-15-8-3-1-2-4-9-15/h5-7,10,15H,1-4,8-9,11-12H2,(H,18,19). The largest absolute Gasteiger partial charge is 0.353 e. The first-order valence-electron chi connectivity index (χ1n) is 7.35. The lowest BCUT2D eigenvalue weighted by Gasteiger charge is -2.15. The molecule has 0 aliphatic heterocycles. The molecular weight excluding hydrogens is 273 g/mol. The highest BCUT2D eigenvalue weighted by Gasteiger charge is 2.14. The van der Waals surface area contributed by atoms with Gasteiger partial charge in [0, 0.05) is 11.8 Å². The summed E-state index contributed by atoms with van der Waals surface area (Å²) in [4.78, 5) is 11.9. The summed E-state index contributed by atoms with van der Waals surface area (Å²) in [6, 6.07) is 6.92. The van der Waals surface area contributed by atoms with Gasteiger partial charge in [0.05, 0.1) is 5.75 Å². The molecule has 2 rings (SSSR count). The lowest BCUT2D eigenvalue weighted by molar-refractivity contribution is -0.119. The Morgan fingerprint density at radius 1 is 1.25 bits per heavy atom. The summed E-state index contributed by atoms with van der Waals surface area (Å²) >= 11 is 1.54. The van der Waals surface area contributed by atoms with E-state index in [0.717, 1.165) is 18.4 Å². The van der Waals surface area contributed by atoms with Crippen LogP contribution in [0, 0.1) is 5.82 Å². The third kappa shape index (κ3) is 5.53. The maximum atomic E-state index is 13.0. The van der Waals surface area contributed by atoms with Gasteiger partial charge in [-0.1, -0.05) is 37.8 Å². The Morgan fingerprint density at radius 2 is 2.00 bits per heavy atom. The Bertz CT molecular complexity index is 430. The molecule has 2 nitrogen and oxygen atoms in total. The van der Waals surface area contributed by atoms with Gasteiger partial charge in [0.1, 0.15) is 5.82 Å². The predicted octanol–water partition coefficient (Wildman–Crippen LogP) is 3.90. The second-order valence-corrected chi connectivity index (χ2v) is 6.36. The van der Waals surface area contributed by atoms with E-state index in [2.05, 4.69) is 5.32 Å². The summed E-state index contributed by atoms with van der Waals surface area (Å²) in [5.41, 5.74) is 0.928. The van der Waals surface area contributed by atoms with Crippen molar-refractivity contribution in [1.29, 1.82) is 0 Å². The molecule has 1 saturated carbocycles. The zero-order valence-electron chi connectivity index (χ0n) is 11.7. The molecule has 20 heavy (non-hydrogen) atoms. The second-order valence-electron chi connectivity index (χ2n) is 5.38. The highest BCUT2D eigenvalue weighted by atomic mass is 32.2. The van der Waals surface area contributed by atoms with Gasteiger partial charge in [-0.05, 0) is 30.5 Å². The van der Waals surface area contributed by atoms with Crippen LogP contribution in [0.15, 0.2) is 24.3 Å². The van der Waals surface area contributed by atoms with Crippen LogP contribution in [0.1, 0.15) is 44.1 Å². The summed E-state index contributed by atoms with van der Waals surface area (Å²) in [6.07, 6.45) is 7.25. The van der Waals surface area contributed by atoms with Gasteiger partial charge in [-0.25, -0.2) is 4.39 Å². The van der Waals surface area contributed by atoms with E-state index in [-0.39, 0.29) is 11.7 Å². The number of benzene rings is 1. The smallest absolute Gasteiger partial charge is 0.230 e. The molecule has 0 unspecified atom stereocenters. The fourth-order valence-corrected chi connectivity index (χ4v) is 3.37. The number of rotatable bonds is 5. The van der Waals surface area contributed by atoms with E-state index < -0.39 is 0 Å². The Balaban J connectivity index is 1.67. The van der Waals surface area contributed by atoms with Gasteiger partial charge in [0.2, 0.25) is 5.91 Å². The third-order valence-corrected chi connectivity index (χ3v) is 4.61. The van der Waals surface area contributed by atoms with Crippen molar-refractivity contribution in [2.75, 3.05) is 5.75 Å². The number of hydrogen-bond acceptors (Lipinski definition) is 2. The van der Waals surface area contributed by atoms with E-state index in [1.165, 1.54) is 49.6 Å². The Kier molecular flexibility index (Phi) is 6.37. The topological polar surface area (TPSA) is 29.1 Å². The van der Waals surface area contributed by atoms with E-state index >= 15 is 0 Å². The Labute approximate surface area is 124 Å². The summed E-state index contributed by atoms with van der Waals surface area (Å²) in [6.45, 7) is 0. The van der Waals surface area contributed by atoms with Crippen molar-refractivity contribution in [3.05, 3.63) is 35.6 Å². The van der Waals surface area contributed by atoms with Gasteiger partial charge in [-0.2, -0.15) is 0 Å². The number of nitrogens with one attached hydrogen (secondary N) is 1. The molecule has 0 heterocycles. The number of carbonyl (C=O) groups excluding carboxylic acids is 1. The number of amides is 1. The fraction of sp³-hybridized carbons (Fsp3) is 0.562. The monoisotopic (exact) mass is 295 g/mol. The molecule has 0 atom stereocenters. The summed E-state index contributed by atoms with van der Waals surface area (Å²) in [5, 5.41) is 3.12. The molecule has 1 aliphatic rings. The molecule has 0 saturated heterocycles. The summed E-state index contributed by atoms with van der Waals surface area (Å²) < 4.78 is 13.0. The molecule has 1 aliphatic carbocycles. The lowest BCUT2D eigenvalue weighted by atomic mass is 10.1. The minimum atomic E-state index is -0.217. The summed E-state index contributed by atoms with van der Waals surface area (Å²) in [5.74, 6) is 1.02. The zero-order valence-corrected chi connectivity index (χ0v) is 12.6. The van der Waals surface area contributed by atoms with Crippen molar-refractivity contribution >= 4 is 17.7 Å². The molecule has 4 heteroatoms. The van der Waals surface area contributed by atoms with Gasteiger partial charge < -0.3 is 5.32 Å². The van der Waals surface area contributed by atoms with Crippen LogP contribution < -0.4 is 5.32 Å². The number of thioether (sulfide) groups is 1. The van der Waals surface area contributed by atoms with E-state index in [0.29, 0.717) is 17.5 Å². The van der Waals surface area contributed by atoms with Crippen LogP contribution in [0.25, 0.3) is 0 Å². The number of carbonyl (C=O) groups is 1. The van der Waals surface area contributed by atoms with Crippen molar-refractivity contribution in [3.63, 3.8) is 0 Å². The molecule has 1 fully saturated rings. The molecule has 1 amide bonds. The van der Waals surface area contributed by atoms with E-state index in [4.69, 9.17) is 0 Å². The number of halogens is 1. The first kappa shape index (κ1) is 15.4.